The first kappa shape index (κ1) is 8.54. The maximum Gasteiger partial charge on any atom is 0.268 e. The molecule has 0 aliphatic carbocycles. The summed E-state index contributed by atoms with van der Waals surface area (Å²) in [6.45, 7) is 0.163. The van der Waals surface area contributed by atoms with Gasteiger partial charge in [0.05, 0.1) is 0 Å². The predicted molar refractivity (Wildman–Crippen MR) is 43.1 cm³/mol. The molecule has 4 heteroatoms. The Morgan fingerprint density at radius 3 is 2.45 bits per heavy atom. The van der Waals surface area contributed by atoms with Crippen molar-refractivity contribution in [2.75, 3.05) is 6.54 Å². The summed E-state index contributed by atoms with van der Waals surface area (Å²) in [5, 5.41) is 8.53. The molecule has 2 nitrogen and oxygen atoms in total. The number of hydrogen-bond acceptors (Lipinski definition) is 2. The van der Waals surface area contributed by atoms with E-state index >= 15 is 0 Å². The molecule has 1 aliphatic rings. The van der Waals surface area contributed by atoms with Gasteiger partial charge in [0.2, 0.25) is 0 Å². The molecule has 1 aliphatic heterocycles. The summed E-state index contributed by atoms with van der Waals surface area (Å²) in [5.74, 6) is 2.16. The molecule has 0 unspecified atom stereocenters. The number of halogens is 1. The van der Waals surface area contributed by atoms with Gasteiger partial charge in [0, 0.05) is 12.5 Å². The minimum absolute atomic E-state index is 0.0606. The van der Waals surface area contributed by atoms with Gasteiger partial charge in [0.1, 0.15) is 5.67 Å². The highest BCUT2D eigenvalue weighted by atomic mass is 19.1. The number of nitriles is 1. The van der Waals surface area contributed by atoms with Crippen molar-refractivity contribution in [2.24, 2.45) is 5.73 Å². The van der Waals surface area contributed by atoms with Gasteiger partial charge in [-0.25, -0.2) is 9.65 Å². The molecule has 1 rings (SSSR count). The van der Waals surface area contributed by atoms with Crippen LogP contribution in [-0.4, -0.2) is 18.9 Å². The van der Waals surface area contributed by atoms with E-state index in [1.54, 1.807) is 0 Å². The molecule has 60 valence electrons. The van der Waals surface area contributed by atoms with Gasteiger partial charge in [0.15, 0.2) is 0 Å². The van der Waals surface area contributed by atoms with E-state index in [0.29, 0.717) is 25.5 Å². The van der Waals surface area contributed by atoms with E-state index in [9.17, 15) is 4.39 Å². The van der Waals surface area contributed by atoms with E-state index in [2.05, 4.69) is 5.97 Å². The van der Waals surface area contributed by atoms with Crippen molar-refractivity contribution in [3.63, 3.8) is 0 Å². The van der Waals surface area contributed by atoms with Crippen LogP contribution in [0.5, 0.6) is 0 Å². The minimum atomic E-state index is -1.17. The van der Waals surface area contributed by atoms with E-state index in [-0.39, 0.29) is 13.3 Å². The highest BCUT2D eigenvalue weighted by Crippen LogP contribution is 2.31. The number of rotatable bonds is 1. The normalized spacial score (nSPS) is 22.8. The monoisotopic (exact) mass is 154 g/mol. The van der Waals surface area contributed by atoms with Crippen LogP contribution in [0.3, 0.4) is 0 Å². The summed E-state index contributed by atoms with van der Waals surface area (Å²) >= 11 is 0. The van der Waals surface area contributed by atoms with Crippen LogP contribution in [-0.2, 0) is 0 Å². The molecule has 0 aromatic heterocycles. The molecule has 0 saturated carbocycles. The molecular formula is C7H12BFN2. The summed E-state index contributed by atoms with van der Waals surface area (Å²) < 4.78 is 13.4. The van der Waals surface area contributed by atoms with E-state index in [1.807, 2.05) is 0 Å². The van der Waals surface area contributed by atoms with E-state index < -0.39 is 5.67 Å². The van der Waals surface area contributed by atoms with E-state index in [4.69, 9.17) is 11.0 Å². The molecule has 1 heterocycles. The third kappa shape index (κ3) is 1.94. The van der Waals surface area contributed by atoms with E-state index in [1.165, 1.54) is 0 Å². The topological polar surface area (TPSA) is 49.8 Å². The molecule has 0 radical (unpaired) electrons. The fraction of sp³-hybridized carbons (Fsp3) is 0.857. The maximum atomic E-state index is 13.4. The van der Waals surface area contributed by atoms with Crippen LogP contribution in [0.1, 0.15) is 12.8 Å². The molecule has 0 atom stereocenters. The van der Waals surface area contributed by atoms with Gasteiger partial charge in [-0.3, -0.25) is 0 Å². The third-order valence-electron chi connectivity index (χ3n) is 2.43. The molecule has 2 N–H and O–H groups in total. The van der Waals surface area contributed by atoms with Crippen LogP contribution in [0, 0.1) is 11.2 Å². The molecule has 0 aromatic carbocycles. The number of nitrogens with zero attached hydrogens (tertiary/aromatic N) is 1. The van der Waals surface area contributed by atoms with Gasteiger partial charge in [-0.1, -0.05) is 12.6 Å². The van der Waals surface area contributed by atoms with Crippen molar-refractivity contribution in [1.82, 2.24) is 0 Å². The highest BCUT2D eigenvalue weighted by Gasteiger charge is 2.35. The average Bonchev–Trinajstić information content (AvgIpc) is 2.06. The Hall–Kier alpha value is -0.555. The molecular weight excluding hydrogens is 142 g/mol. The zero-order valence-corrected chi connectivity index (χ0v) is 6.52. The number of hydrogen-bond donors (Lipinski definition) is 1. The summed E-state index contributed by atoms with van der Waals surface area (Å²) in [5.41, 5.74) is 4.09. The summed E-state index contributed by atoms with van der Waals surface area (Å²) in [4.78, 5) is 0. The van der Waals surface area contributed by atoms with Crippen LogP contribution in [0.2, 0.25) is 12.6 Å². The SMILES string of the molecule is N#CB1CCC(F)(CN)CC1. The molecule has 1 saturated heterocycles. The quantitative estimate of drug-likeness (QED) is 0.572. The first-order valence-corrected chi connectivity index (χ1v) is 3.99. The van der Waals surface area contributed by atoms with Gasteiger partial charge >= 0.3 is 0 Å². The van der Waals surface area contributed by atoms with Gasteiger partial charge in [-0.2, -0.15) is 0 Å². The maximum absolute atomic E-state index is 13.4. The minimum Gasteiger partial charge on any atom is -0.328 e. The Bertz CT molecular complexity index is 170. The van der Waals surface area contributed by atoms with Crippen molar-refractivity contribution in [3.8, 4) is 5.97 Å². The zero-order valence-electron chi connectivity index (χ0n) is 6.52. The Kier molecular flexibility index (Phi) is 2.51. The zero-order chi connectivity index (χ0) is 8.32. The average molecular weight is 154 g/mol. The summed E-state index contributed by atoms with van der Waals surface area (Å²) in [7, 11) is 0. The lowest BCUT2D eigenvalue weighted by molar-refractivity contribution is 0.155. The van der Waals surface area contributed by atoms with Crippen molar-refractivity contribution in [2.45, 2.75) is 31.2 Å². The lowest BCUT2D eigenvalue weighted by Crippen LogP contribution is -2.38. The second-order valence-electron chi connectivity index (χ2n) is 3.26. The van der Waals surface area contributed by atoms with Crippen LogP contribution >= 0.6 is 0 Å². The smallest absolute Gasteiger partial charge is 0.268 e. The molecule has 0 bridgehead atoms. The second-order valence-corrected chi connectivity index (χ2v) is 3.26. The fourth-order valence-electron chi connectivity index (χ4n) is 1.47. The van der Waals surface area contributed by atoms with Crippen LogP contribution in [0.15, 0.2) is 0 Å². The summed E-state index contributed by atoms with van der Waals surface area (Å²) in [6.07, 6.45) is 2.26. The standard InChI is InChI=1S/C7H12BFN2/c9-7(5-10)1-3-8(6-11)4-2-7/h1-5,10H2. The Labute approximate surface area is 66.6 Å². The largest absolute Gasteiger partial charge is 0.328 e. The van der Waals surface area contributed by atoms with Crippen molar-refractivity contribution < 1.29 is 4.39 Å². The van der Waals surface area contributed by atoms with Gasteiger partial charge in [-0.15, -0.1) is 0 Å². The van der Waals surface area contributed by atoms with Crippen LogP contribution in [0.4, 0.5) is 4.39 Å². The second kappa shape index (κ2) is 3.23. The van der Waals surface area contributed by atoms with E-state index in [0.717, 1.165) is 0 Å². The first-order valence-electron chi connectivity index (χ1n) is 3.99. The third-order valence-corrected chi connectivity index (χ3v) is 2.43. The Morgan fingerprint density at radius 1 is 1.55 bits per heavy atom. The molecule has 0 amide bonds. The first-order chi connectivity index (χ1) is 5.20. The van der Waals surface area contributed by atoms with Crippen LogP contribution in [0.25, 0.3) is 0 Å². The lowest BCUT2D eigenvalue weighted by Gasteiger charge is -2.28. The van der Waals surface area contributed by atoms with Crippen molar-refractivity contribution >= 4 is 6.71 Å². The van der Waals surface area contributed by atoms with Crippen molar-refractivity contribution in [1.29, 1.82) is 5.26 Å². The fourth-order valence-corrected chi connectivity index (χ4v) is 1.47. The number of alkyl halides is 1. The predicted octanol–water partition coefficient (Wildman–Crippen LogP) is 1.00. The highest BCUT2D eigenvalue weighted by molar-refractivity contribution is 6.67. The lowest BCUT2D eigenvalue weighted by atomic mass is 9.41. The molecule has 11 heavy (non-hydrogen) atoms. The Balaban J connectivity index is 2.42. The molecule has 0 spiro atoms. The van der Waals surface area contributed by atoms with Crippen LogP contribution < -0.4 is 5.73 Å². The van der Waals surface area contributed by atoms with Gasteiger partial charge < -0.3 is 5.73 Å². The number of nitrogens with two attached hydrogens (primary N) is 1. The molecule has 1 fully saturated rings. The van der Waals surface area contributed by atoms with Gasteiger partial charge in [0.25, 0.3) is 6.71 Å². The van der Waals surface area contributed by atoms with Crippen molar-refractivity contribution in [3.05, 3.63) is 0 Å². The Morgan fingerprint density at radius 2 is 2.09 bits per heavy atom. The van der Waals surface area contributed by atoms with Gasteiger partial charge in [-0.05, 0) is 12.8 Å². The summed E-state index contributed by atoms with van der Waals surface area (Å²) in [6, 6.07) is 0. The molecule has 0 aromatic rings.